The van der Waals surface area contributed by atoms with Crippen molar-refractivity contribution in [1.29, 1.82) is 5.26 Å². The van der Waals surface area contributed by atoms with Crippen LogP contribution in [-0.4, -0.2) is 13.1 Å². The number of hydrogen-bond donors (Lipinski definition) is 0. The van der Waals surface area contributed by atoms with E-state index in [1.165, 1.54) is 13.2 Å². The maximum atomic E-state index is 12.8. The molecule has 3 nitrogen and oxygen atoms in total. The Bertz CT molecular complexity index is 396. The van der Waals surface area contributed by atoms with Crippen molar-refractivity contribution in [3.05, 3.63) is 35.1 Å². The molecule has 0 fully saturated rings. The van der Waals surface area contributed by atoms with Gasteiger partial charge in [0.2, 0.25) is 0 Å². The molecule has 0 bridgehead atoms. The number of esters is 1. The maximum absolute atomic E-state index is 12.8. The van der Waals surface area contributed by atoms with Gasteiger partial charge in [0.1, 0.15) is 5.82 Å². The monoisotopic (exact) mass is 193 g/mol. The summed E-state index contributed by atoms with van der Waals surface area (Å²) in [5, 5.41) is 8.46. The third kappa shape index (κ3) is 2.07. The molecule has 1 aromatic carbocycles. The molecule has 0 saturated carbocycles. The zero-order valence-electron chi connectivity index (χ0n) is 7.58. The van der Waals surface area contributed by atoms with E-state index < -0.39 is 11.8 Å². The third-order valence-electron chi connectivity index (χ3n) is 1.74. The van der Waals surface area contributed by atoms with Crippen LogP contribution in [0.3, 0.4) is 0 Å². The van der Waals surface area contributed by atoms with Gasteiger partial charge in [-0.2, -0.15) is 5.26 Å². The number of rotatable bonds is 2. The van der Waals surface area contributed by atoms with Gasteiger partial charge in [-0.1, -0.05) is 0 Å². The van der Waals surface area contributed by atoms with Gasteiger partial charge in [0.05, 0.1) is 25.2 Å². The van der Waals surface area contributed by atoms with E-state index in [0.717, 1.165) is 12.1 Å². The van der Waals surface area contributed by atoms with Crippen LogP contribution in [0.15, 0.2) is 18.2 Å². The molecule has 1 rings (SSSR count). The van der Waals surface area contributed by atoms with Crippen LogP contribution in [-0.2, 0) is 11.2 Å². The third-order valence-corrected chi connectivity index (χ3v) is 1.74. The molecule has 0 aliphatic heterocycles. The number of methoxy groups -OCH3 is 1. The smallest absolute Gasteiger partial charge is 0.338 e. The highest BCUT2D eigenvalue weighted by Crippen LogP contribution is 2.12. The van der Waals surface area contributed by atoms with E-state index in [4.69, 9.17) is 5.26 Å². The van der Waals surface area contributed by atoms with Crippen molar-refractivity contribution in [2.45, 2.75) is 6.42 Å². The lowest BCUT2D eigenvalue weighted by atomic mass is 10.1. The van der Waals surface area contributed by atoms with Crippen molar-refractivity contribution in [2.24, 2.45) is 0 Å². The second-order valence-electron chi connectivity index (χ2n) is 2.63. The molecule has 1 aromatic rings. The predicted octanol–water partition coefficient (Wildman–Crippen LogP) is 1.68. The minimum absolute atomic E-state index is 0.0117. The fraction of sp³-hybridized carbons (Fsp3) is 0.200. The summed E-state index contributed by atoms with van der Waals surface area (Å²) in [6.45, 7) is 0. The molecule has 0 aromatic heterocycles. The Hall–Kier alpha value is -1.89. The summed E-state index contributed by atoms with van der Waals surface area (Å²) in [5.41, 5.74) is 0.579. The van der Waals surface area contributed by atoms with Crippen molar-refractivity contribution in [2.75, 3.05) is 7.11 Å². The Balaban J connectivity index is 3.15. The largest absolute Gasteiger partial charge is 0.465 e. The molecule has 0 heterocycles. The van der Waals surface area contributed by atoms with Crippen molar-refractivity contribution in [3.63, 3.8) is 0 Å². The molecule has 72 valence electrons. The molecule has 0 aliphatic carbocycles. The number of halogens is 1. The van der Waals surface area contributed by atoms with Crippen LogP contribution in [0.25, 0.3) is 0 Å². The van der Waals surface area contributed by atoms with Gasteiger partial charge in [-0.05, 0) is 23.8 Å². The molecule has 0 radical (unpaired) electrons. The van der Waals surface area contributed by atoms with E-state index in [9.17, 15) is 9.18 Å². The molecular weight excluding hydrogens is 185 g/mol. The Morgan fingerprint density at radius 3 is 2.93 bits per heavy atom. The van der Waals surface area contributed by atoms with Gasteiger partial charge in [-0.25, -0.2) is 9.18 Å². The minimum atomic E-state index is -0.560. The number of benzene rings is 1. The van der Waals surface area contributed by atoms with Gasteiger partial charge in [0, 0.05) is 0 Å². The summed E-state index contributed by atoms with van der Waals surface area (Å²) in [7, 11) is 1.24. The summed E-state index contributed by atoms with van der Waals surface area (Å²) < 4.78 is 17.3. The van der Waals surface area contributed by atoms with Crippen LogP contribution in [0.4, 0.5) is 4.39 Å². The number of nitriles is 1. The lowest BCUT2D eigenvalue weighted by molar-refractivity contribution is 0.0599. The quantitative estimate of drug-likeness (QED) is 0.671. The molecule has 0 amide bonds. The van der Waals surface area contributed by atoms with E-state index in [0.29, 0.717) is 5.56 Å². The summed E-state index contributed by atoms with van der Waals surface area (Å²) in [6, 6.07) is 5.49. The van der Waals surface area contributed by atoms with Gasteiger partial charge in [0.15, 0.2) is 0 Å². The SMILES string of the molecule is COC(=O)c1ccc(F)cc1CC#N. The number of hydrogen-bond acceptors (Lipinski definition) is 3. The van der Waals surface area contributed by atoms with E-state index in [1.807, 2.05) is 6.07 Å². The molecule has 0 atom stereocenters. The summed E-state index contributed by atoms with van der Waals surface area (Å²) in [5.74, 6) is -1.03. The van der Waals surface area contributed by atoms with E-state index in [1.54, 1.807) is 0 Å². The Kier molecular flexibility index (Phi) is 3.19. The van der Waals surface area contributed by atoms with Gasteiger partial charge in [0.25, 0.3) is 0 Å². The normalized spacial score (nSPS) is 9.21. The molecule has 0 N–H and O–H groups in total. The molecule has 0 unspecified atom stereocenters. The first-order valence-corrected chi connectivity index (χ1v) is 3.92. The van der Waals surface area contributed by atoms with E-state index in [2.05, 4.69) is 4.74 Å². The van der Waals surface area contributed by atoms with Crippen LogP contribution in [0.2, 0.25) is 0 Å². The highest BCUT2D eigenvalue weighted by atomic mass is 19.1. The topological polar surface area (TPSA) is 50.1 Å². The van der Waals surface area contributed by atoms with Crippen molar-refractivity contribution in [1.82, 2.24) is 0 Å². The van der Waals surface area contributed by atoms with Crippen LogP contribution >= 0.6 is 0 Å². The highest BCUT2D eigenvalue weighted by Gasteiger charge is 2.11. The first-order chi connectivity index (χ1) is 6.69. The zero-order valence-corrected chi connectivity index (χ0v) is 7.58. The second-order valence-corrected chi connectivity index (χ2v) is 2.63. The van der Waals surface area contributed by atoms with Crippen molar-refractivity contribution < 1.29 is 13.9 Å². The first-order valence-electron chi connectivity index (χ1n) is 3.92. The van der Waals surface area contributed by atoms with Gasteiger partial charge < -0.3 is 4.74 Å². The fourth-order valence-corrected chi connectivity index (χ4v) is 1.10. The van der Waals surface area contributed by atoms with Crippen LogP contribution in [0.1, 0.15) is 15.9 Å². The van der Waals surface area contributed by atoms with E-state index in [-0.39, 0.29) is 12.0 Å². The molecule has 14 heavy (non-hydrogen) atoms. The predicted molar refractivity (Wildman–Crippen MR) is 47.1 cm³/mol. The lowest BCUT2D eigenvalue weighted by Gasteiger charge is -2.04. The van der Waals surface area contributed by atoms with Gasteiger partial charge >= 0.3 is 5.97 Å². The molecule has 0 aliphatic rings. The Labute approximate surface area is 80.7 Å². The highest BCUT2D eigenvalue weighted by molar-refractivity contribution is 5.91. The molecule has 0 spiro atoms. The van der Waals surface area contributed by atoms with Crippen LogP contribution in [0, 0.1) is 17.1 Å². The average Bonchev–Trinajstić information content (AvgIpc) is 2.17. The Morgan fingerprint density at radius 1 is 1.64 bits per heavy atom. The molecular formula is C10H8FNO2. The number of carbonyl (C=O) groups excluding carboxylic acids is 1. The summed E-state index contributed by atoms with van der Waals surface area (Å²) in [6.07, 6.45) is -0.0117. The molecule has 4 heteroatoms. The number of ether oxygens (including phenoxy) is 1. The van der Waals surface area contributed by atoms with Crippen molar-refractivity contribution >= 4 is 5.97 Å². The average molecular weight is 193 g/mol. The lowest BCUT2D eigenvalue weighted by Crippen LogP contribution is -2.05. The minimum Gasteiger partial charge on any atom is -0.465 e. The Morgan fingerprint density at radius 2 is 2.36 bits per heavy atom. The maximum Gasteiger partial charge on any atom is 0.338 e. The molecule has 0 saturated heterocycles. The first kappa shape index (κ1) is 10.2. The van der Waals surface area contributed by atoms with E-state index >= 15 is 0 Å². The summed E-state index contributed by atoms with van der Waals surface area (Å²) >= 11 is 0. The van der Waals surface area contributed by atoms with Crippen LogP contribution in [0.5, 0.6) is 0 Å². The summed E-state index contributed by atoms with van der Waals surface area (Å²) in [4.78, 5) is 11.2. The standard InChI is InChI=1S/C10H8FNO2/c1-14-10(13)9-3-2-8(11)6-7(9)4-5-12/h2-3,6H,4H2,1H3. The van der Waals surface area contributed by atoms with Gasteiger partial charge in [-0.3, -0.25) is 0 Å². The fourth-order valence-electron chi connectivity index (χ4n) is 1.10. The number of carbonyl (C=O) groups is 1. The second kappa shape index (κ2) is 4.38. The zero-order chi connectivity index (χ0) is 10.6. The number of nitrogens with zero attached hydrogens (tertiary/aromatic N) is 1. The van der Waals surface area contributed by atoms with Gasteiger partial charge in [-0.15, -0.1) is 0 Å². The van der Waals surface area contributed by atoms with Crippen LogP contribution < -0.4 is 0 Å². The van der Waals surface area contributed by atoms with Crippen molar-refractivity contribution in [3.8, 4) is 6.07 Å².